The Hall–Kier alpha value is -2.75. The van der Waals surface area contributed by atoms with Gasteiger partial charge in [0.2, 0.25) is 0 Å². The molecule has 0 spiro atoms. The minimum Gasteiger partial charge on any atom is -0.508 e. The van der Waals surface area contributed by atoms with Gasteiger partial charge in [0.25, 0.3) is 10.1 Å². The maximum Gasteiger partial charge on any atom is 0.494 e. The van der Waals surface area contributed by atoms with Crippen molar-refractivity contribution in [2.24, 2.45) is 27.1 Å². The normalized spacial score (nSPS) is 21.2. The highest BCUT2D eigenvalue weighted by Gasteiger charge is 2.52. The van der Waals surface area contributed by atoms with Crippen molar-refractivity contribution in [2.75, 3.05) is 102 Å². The molecule has 0 aromatic heterocycles. The van der Waals surface area contributed by atoms with E-state index in [0.29, 0.717) is 101 Å². The number of aromatic hydroxyl groups is 1. The fourth-order valence-corrected chi connectivity index (χ4v) is 19.4. The van der Waals surface area contributed by atoms with Crippen molar-refractivity contribution < 1.29 is 93.5 Å². The molecule has 1 N–H and O–H groups in total. The summed E-state index contributed by atoms with van der Waals surface area (Å²) in [6, 6.07) is 16.5. The van der Waals surface area contributed by atoms with Crippen LogP contribution in [0.25, 0.3) is 0 Å². The number of ether oxygens (including phenoxy) is 5. The van der Waals surface area contributed by atoms with E-state index < -0.39 is 80.8 Å². The summed E-state index contributed by atoms with van der Waals surface area (Å²) < 4.78 is 197. The molecule has 6 aliphatic heterocycles. The monoisotopic (exact) mass is 1560 g/mol. The zero-order valence-electron chi connectivity index (χ0n) is 56.0. The number of halogens is 6. The Morgan fingerprint density at radius 3 is 1.14 bits per heavy atom. The molecule has 0 atom stereocenters. The van der Waals surface area contributed by atoms with E-state index in [1.165, 1.54) is 36.4 Å². The lowest BCUT2D eigenvalue weighted by atomic mass is 9.79. The molecule has 4 aromatic carbocycles. The molecule has 0 amide bonds. The van der Waals surface area contributed by atoms with E-state index in [-0.39, 0.29) is 71.8 Å². The average Bonchev–Trinajstić information content (AvgIpc) is 1.69. The summed E-state index contributed by atoms with van der Waals surface area (Å²) in [5, 5.41) is 9.12. The molecule has 4 aromatic rings. The van der Waals surface area contributed by atoms with Gasteiger partial charge < -0.3 is 38.1 Å². The average molecular weight is 1570 g/mol. The van der Waals surface area contributed by atoms with Crippen LogP contribution in [0.4, 0.5) is 17.6 Å². The van der Waals surface area contributed by atoms with Gasteiger partial charge in [0.1, 0.15) is 43.7 Å². The lowest BCUT2D eigenvalue weighted by Crippen LogP contribution is -2.41. The summed E-state index contributed by atoms with van der Waals surface area (Å²) in [5.74, 6) is -2.08. The van der Waals surface area contributed by atoms with Crippen LogP contribution >= 0.6 is 43.6 Å². The molecule has 17 nitrogen and oxygen atoms in total. The van der Waals surface area contributed by atoms with E-state index in [1.807, 2.05) is 67.5 Å². The highest BCUT2D eigenvalue weighted by Crippen LogP contribution is 2.41. The fraction of sp³-hybridized carbons (Fsp3) is 0.636. The number of hydrogen-bond donors (Lipinski definition) is 1. The van der Waals surface area contributed by atoms with E-state index in [4.69, 9.17) is 42.3 Å². The smallest absolute Gasteiger partial charge is 0.494 e. The fourth-order valence-electron chi connectivity index (χ4n) is 11.1. The van der Waals surface area contributed by atoms with Crippen molar-refractivity contribution >= 4 is 95.8 Å². The van der Waals surface area contributed by atoms with Crippen molar-refractivity contribution in [3.05, 3.63) is 105 Å². The Labute approximate surface area is 582 Å². The first-order chi connectivity index (χ1) is 44.0. The molecule has 0 radical (unpaired) electrons. The predicted molar refractivity (Wildman–Crippen MR) is 367 cm³/mol. The summed E-state index contributed by atoms with van der Waals surface area (Å²) in [5.41, 5.74) is -1.50. The molecule has 0 unspecified atom stereocenters. The zero-order valence-corrected chi connectivity index (χ0v) is 63.2. The summed E-state index contributed by atoms with van der Waals surface area (Å²) in [7, 11) is -15.1. The zero-order chi connectivity index (χ0) is 70.5. The predicted octanol–water partition coefficient (Wildman–Crippen LogP) is 13.3. The van der Waals surface area contributed by atoms with E-state index in [2.05, 4.69) is 38.8 Å². The molecule has 0 saturated carbocycles. The maximum absolute atomic E-state index is 14.7. The van der Waals surface area contributed by atoms with Gasteiger partial charge in [0.15, 0.2) is 29.5 Å². The number of phenolic OH excluding ortho intramolecular Hbond substituents is 1. The Kier molecular flexibility index (Phi) is 28.9. The molecule has 6 heterocycles. The molecular formula is C66H93BBr2F4O17S5. The maximum atomic E-state index is 14.7. The quantitative estimate of drug-likeness (QED) is 0.0475. The minimum atomic E-state index is -3.75. The third-order valence-electron chi connectivity index (χ3n) is 18.5. The van der Waals surface area contributed by atoms with Crippen LogP contribution in [0.2, 0.25) is 0 Å². The standard InChI is InChI=1S/C19H28BFO5S.C13H16BrFO3S.C13H16BrFOS.C13H17FO4S.C8H16O4S/c1-17(2)18(3,4)26-20(25-17)14-6-7-16(15(21)12-14)27(22,23)13-19(5)8-10-24-11-9-19;1-13(4-6-18-7-5-13)9-19(16,17)12-3-2-10(14)8-11(12)15;1-13(4-6-16-7-5-13)9-17-12-3-2-10(14)8-11(12)15;1-13(4-6-18-7-5-13)9-19(16,17)12-3-2-10(15)8-11(12)14;1-8(3-5-11-6-4-8)7-12-13(2,9)10/h6-7,12H,8-11,13H2,1-5H3;2-3,8H,4-7,9H2,1H3;2-3,8H,4-7,9H2,1H3;2-3,8,15H,4-7,9H2,1H3;3-7H2,1-2H3. The van der Waals surface area contributed by atoms with Crippen molar-refractivity contribution in [1.29, 1.82) is 0 Å². The van der Waals surface area contributed by atoms with Crippen LogP contribution in [-0.4, -0.2) is 159 Å². The Bertz CT molecular complexity index is 3550. The number of benzene rings is 4. The number of phenols is 1. The second-order valence-electron chi connectivity index (χ2n) is 28.2. The lowest BCUT2D eigenvalue weighted by molar-refractivity contribution is 0.00168. The van der Waals surface area contributed by atoms with Crippen LogP contribution in [-0.2, 0) is 76.8 Å². The summed E-state index contributed by atoms with van der Waals surface area (Å²) in [4.78, 5) is -0.0992. The van der Waals surface area contributed by atoms with Gasteiger partial charge in [-0.2, -0.15) is 8.42 Å². The second kappa shape index (κ2) is 33.8. The van der Waals surface area contributed by atoms with Gasteiger partial charge in [-0.25, -0.2) is 42.8 Å². The van der Waals surface area contributed by atoms with Crippen molar-refractivity contribution in [2.45, 2.75) is 157 Å². The van der Waals surface area contributed by atoms with Crippen molar-refractivity contribution in [3.63, 3.8) is 0 Å². The first-order valence-corrected chi connectivity index (χ1v) is 40.9. The third-order valence-corrected chi connectivity index (χ3v) is 27.8. The number of sulfone groups is 3. The number of thioether (sulfide) groups is 1. The van der Waals surface area contributed by atoms with Gasteiger partial charge >= 0.3 is 7.12 Å². The van der Waals surface area contributed by atoms with E-state index >= 15 is 0 Å². The topological polar surface area (TPSA) is 231 Å². The van der Waals surface area contributed by atoms with Crippen LogP contribution in [0.3, 0.4) is 0 Å². The minimum absolute atomic E-state index is 0.0398. The molecule has 29 heteroatoms. The largest absolute Gasteiger partial charge is 0.508 e. The molecule has 534 valence electrons. The van der Waals surface area contributed by atoms with Gasteiger partial charge in [0, 0.05) is 91.7 Å². The Morgan fingerprint density at radius 1 is 0.453 bits per heavy atom. The number of rotatable bonds is 16. The van der Waals surface area contributed by atoms with E-state index in [1.54, 1.807) is 23.9 Å². The van der Waals surface area contributed by atoms with Crippen molar-refractivity contribution in [1.82, 2.24) is 0 Å². The summed E-state index contributed by atoms with van der Waals surface area (Å²) in [6.07, 6.45) is 8.91. The van der Waals surface area contributed by atoms with Gasteiger partial charge in [0.05, 0.1) is 41.3 Å². The van der Waals surface area contributed by atoms with Gasteiger partial charge in [-0.05, 0) is 185 Å². The van der Waals surface area contributed by atoms with Crippen LogP contribution < -0.4 is 5.46 Å². The van der Waals surface area contributed by atoms with E-state index in [9.17, 15) is 51.2 Å². The van der Waals surface area contributed by atoms with E-state index in [0.717, 1.165) is 72.4 Å². The molecule has 0 bridgehead atoms. The highest BCUT2D eigenvalue weighted by atomic mass is 79.9. The Balaban J connectivity index is 0.000000192. The van der Waals surface area contributed by atoms with Gasteiger partial charge in [-0.15, -0.1) is 11.8 Å². The number of hydrogen-bond acceptors (Lipinski definition) is 18. The van der Waals surface area contributed by atoms with Crippen LogP contribution in [0, 0.1) is 50.3 Å². The van der Waals surface area contributed by atoms with Gasteiger partial charge in [-0.1, -0.05) is 72.5 Å². The molecule has 0 aliphatic carbocycles. The third kappa shape index (κ3) is 24.8. The summed E-state index contributed by atoms with van der Waals surface area (Å²) >= 11 is 8.00. The van der Waals surface area contributed by atoms with Gasteiger partial charge in [-0.3, -0.25) is 4.18 Å². The molecule has 10 rings (SSSR count). The summed E-state index contributed by atoms with van der Waals surface area (Å²) in [6.45, 7) is 24.3. The molecule has 95 heavy (non-hydrogen) atoms. The first-order valence-electron chi connectivity index (χ1n) is 31.6. The molecule has 6 fully saturated rings. The lowest BCUT2D eigenvalue weighted by Gasteiger charge is -2.33. The van der Waals surface area contributed by atoms with Crippen LogP contribution in [0.5, 0.6) is 5.75 Å². The molecule has 6 aliphatic rings. The SMILES string of the molecule is CC1(COS(C)(=O)=O)CCOCC1.CC1(CS(=O)(=O)c2ccc(B3OC(C)(C)C(C)(C)O3)cc2F)CCOCC1.CC1(CS(=O)(=O)c2ccc(Br)cc2F)CCOCC1.CC1(CS(=O)(=O)c2ccc(O)cc2F)CCOCC1.CC1(CSc2ccc(Br)cc2F)CCOCC1. The second-order valence-corrected chi connectivity index (χ2v) is 38.6. The molecule has 6 saturated heterocycles. The van der Waals surface area contributed by atoms with Crippen molar-refractivity contribution in [3.8, 4) is 5.75 Å². The molecular weight excluding hydrogens is 1470 g/mol. The highest BCUT2D eigenvalue weighted by molar-refractivity contribution is 9.10. The Morgan fingerprint density at radius 2 is 0.779 bits per heavy atom. The van der Waals surface area contributed by atoms with Crippen LogP contribution in [0.15, 0.2) is 101 Å². The first kappa shape index (κ1) is 81.2. The van der Waals surface area contributed by atoms with Crippen LogP contribution in [0.1, 0.15) is 127 Å².